The summed E-state index contributed by atoms with van der Waals surface area (Å²) in [7, 11) is 0. The molecule has 90 valence electrons. The minimum Gasteiger partial charge on any atom is -0.476 e. The third-order valence-corrected chi connectivity index (χ3v) is 4.30. The van der Waals surface area contributed by atoms with E-state index in [1.165, 1.54) is 22.7 Å². The Labute approximate surface area is 107 Å². The summed E-state index contributed by atoms with van der Waals surface area (Å²) in [6, 6.07) is 0. The molecule has 0 unspecified atom stereocenters. The molecule has 6 heteroatoms. The van der Waals surface area contributed by atoms with Gasteiger partial charge in [-0.25, -0.2) is 14.8 Å². The average molecular weight is 268 g/mol. The van der Waals surface area contributed by atoms with E-state index < -0.39 is 5.97 Å². The van der Waals surface area contributed by atoms with E-state index in [2.05, 4.69) is 16.9 Å². The van der Waals surface area contributed by atoms with Crippen molar-refractivity contribution in [1.29, 1.82) is 0 Å². The molecule has 0 saturated heterocycles. The van der Waals surface area contributed by atoms with Gasteiger partial charge in [0.1, 0.15) is 0 Å². The van der Waals surface area contributed by atoms with Crippen molar-refractivity contribution in [3.8, 4) is 10.0 Å². The van der Waals surface area contributed by atoms with Gasteiger partial charge >= 0.3 is 5.97 Å². The number of thiazole rings is 2. The van der Waals surface area contributed by atoms with Crippen LogP contribution in [0.2, 0.25) is 0 Å². The summed E-state index contributed by atoms with van der Waals surface area (Å²) < 4.78 is 0. The van der Waals surface area contributed by atoms with E-state index in [1.54, 1.807) is 6.20 Å². The first-order valence-electron chi connectivity index (χ1n) is 5.35. The Morgan fingerprint density at radius 3 is 2.88 bits per heavy atom. The monoisotopic (exact) mass is 268 g/mol. The summed E-state index contributed by atoms with van der Waals surface area (Å²) in [4.78, 5) is 20.3. The summed E-state index contributed by atoms with van der Waals surface area (Å²) in [5.74, 6) is -0.949. The summed E-state index contributed by atoms with van der Waals surface area (Å²) in [6.45, 7) is 2.09. The van der Waals surface area contributed by atoms with Gasteiger partial charge in [0.15, 0.2) is 15.7 Å². The molecule has 2 aromatic heterocycles. The first-order chi connectivity index (χ1) is 8.22. The van der Waals surface area contributed by atoms with Crippen LogP contribution in [0.5, 0.6) is 0 Å². The van der Waals surface area contributed by atoms with Gasteiger partial charge in [-0.3, -0.25) is 0 Å². The second kappa shape index (κ2) is 5.37. The van der Waals surface area contributed by atoms with E-state index >= 15 is 0 Å². The van der Waals surface area contributed by atoms with Crippen LogP contribution < -0.4 is 0 Å². The zero-order valence-corrected chi connectivity index (χ0v) is 11.0. The van der Waals surface area contributed by atoms with Gasteiger partial charge in [0.2, 0.25) is 0 Å². The molecule has 0 aliphatic carbocycles. The van der Waals surface area contributed by atoms with Crippen molar-refractivity contribution in [3.63, 3.8) is 0 Å². The average Bonchev–Trinajstić information content (AvgIpc) is 2.94. The van der Waals surface area contributed by atoms with Gasteiger partial charge in [-0.2, -0.15) is 0 Å². The number of carbonyl (C=O) groups is 1. The SMILES string of the molecule is CCCCc1sc(-c2nccs2)nc1C(=O)O. The van der Waals surface area contributed by atoms with Gasteiger partial charge < -0.3 is 5.11 Å². The molecule has 2 aromatic rings. The van der Waals surface area contributed by atoms with Gasteiger partial charge in [0.25, 0.3) is 0 Å². The van der Waals surface area contributed by atoms with Gasteiger partial charge in [0, 0.05) is 16.5 Å². The maximum atomic E-state index is 11.1. The highest BCUT2D eigenvalue weighted by molar-refractivity contribution is 7.20. The third kappa shape index (κ3) is 2.70. The van der Waals surface area contributed by atoms with Crippen LogP contribution in [0.25, 0.3) is 10.0 Å². The summed E-state index contributed by atoms with van der Waals surface area (Å²) in [6.07, 6.45) is 4.51. The molecular formula is C11H12N2O2S2. The standard InChI is InChI=1S/C11H12N2O2S2/c1-2-3-4-7-8(11(14)15)13-10(17-7)9-12-5-6-16-9/h5-6H,2-4H2,1H3,(H,14,15). The van der Waals surface area contributed by atoms with Crippen LogP contribution in [0, 0.1) is 0 Å². The first-order valence-corrected chi connectivity index (χ1v) is 7.04. The fourth-order valence-corrected chi connectivity index (χ4v) is 3.22. The van der Waals surface area contributed by atoms with Gasteiger partial charge in [-0.1, -0.05) is 13.3 Å². The number of nitrogens with zero attached hydrogens (tertiary/aromatic N) is 2. The summed E-state index contributed by atoms with van der Waals surface area (Å²) in [5, 5.41) is 12.5. The highest BCUT2D eigenvalue weighted by Gasteiger charge is 2.18. The number of carboxylic acid groups (broad SMARTS) is 1. The smallest absolute Gasteiger partial charge is 0.355 e. The van der Waals surface area contributed by atoms with Crippen LogP contribution in [0.15, 0.2) is 11.6 Å². The van der Waals surface area contributed by atoms with Gasteiger partial charge in [-0.05, 0) is 12.8 Å². The van der Waals surface area contributed by atoms with Crippen LogP contribution in [-0.2, 0) is 6.42 Å². The predicted molar refractivity (Wildman–Crippen MR) is 68.8 cm³/mol. The number of rotatable bonds is 5. The number of hydrogen-bond acceptors (Lipinski definition) is 5. The molecule has 2 rings (SSSR count). The Balaban J connectivity index is 2.34. The van der Waals surface area contributed by atoms with Gasteiger partial charge in [0.05, 0.1) is 0 Å². The Morgan fingerprint density at radius 2 is 2.29 bits per heavy atom. The fraction of sp³-hybridized carbons (Fsp3) is 0.364. The molecular weight excluding hydrogens is 256 g/mol. The number of aromatic carboxylic acids is 1. The Morgan fingerprint density at radius 1 is 1.47 bits per heavy atom. The lowest BCUT2D eigenvalue weighted by molar-refractivity contribution is 0.0690. The fourth-order valence-electron chi connectivity index (χ4n) is 1.45. The zero-order chi connectivity index (χ0) is 12.3. The van der Waals surface area contributed by atoms with E-state index in [0.717, 1.165) is 29.1 Å². The van der Waals surface area contributed by atoms with E-state index in [-0.39, 0.29) is 5.69 Å². The molecule has 2 heterocycles. The van der Waals surface area contributed by atoms with Crippen molar-refractivity contribution in [2.75, 3.05) is 0 Å². The molecule has 1 N–H and O–H groups in total. The van der Waals surface area contributed by atoms with E-state index in [0.29, 0.717) is 5.01 Å². The first kappa shape index (κ1) is 12.2. The highest BCUT2D eigenvalue weighted by Crippen LogP contribution is 2.30. The molecule has 0 fully saturated rings. The van der Waals surface area contributed by atoms with Crippen molar-refractivity contribution < 1.29 is 9.90 Å². The lowest BCUT2D eigenvalue weighted by atomic mass is 10.2. The summed E-state index contributed by atoms with van der Waals surface area (Å²) in [5.41, 5.74) is 0.189. The zero-order valence-electron chi connectivity index (χ0n) is 9.34. The third-order valence-electron chi connectivity index (χ3n) is 2.27. The van der Waals surface area contributed by atoms with Crippen molar-refractivity contribution in [2.24, 2.45) is 0 Å². The molecule has 4 nitrogen and oxygen atoms in total. The number of carboxylic acids is 1. The van der Waals surface area contributed by atoms with E-state index in [1.807, 2.05) is 5.38 Å². The molecule has 0 saturated carbocycles. The molecule has 17 heavy (non-hydrogen) atoms. The molecule has 0 radical (unpaired) electrons. The number of aromatic nitrogens is 2. The number of aryl methyl sites for hydroxylation is 1. The van der Waals surface area contributed by atoms with Crippen LogP contribution in [0.3, 0.4) is 0 Å². The lowest BCUT2D eigenvalue weighted by Crippen LogP contribution is -2.00. The topological polar surface area (TPSA) is 63.1 Å². The largest absolute Gasteiger partial charge is 0.476 e. The predicted octanol–water partition coefficient (Wildman–Crippen LogP) is 3.31. The van der Waals surface area contributed by atoms with Crippen molar-refractivity contribution in [2.45, 2.75) is 26.2 Å². The Hall–Kier alpha value is -1.27. The van der Waals surface area contributed by atoms with Crippen LogP contribution in [0.1, 0.15) is 35.1 Å². The number of hydrogen-bond donors (Lipinski definition) is 1. The van der Waals surface area contributed by atoms with Crippen LogP contribution >= 0.6 is 22.7 Å². The normalized spacial score (nSPS) is 10.6. The summed E-state index contributed by atoms with van der Waals surface area (Å²) >= 11 is 2.92. The van der Waals surface area contributed by atoms with Crippen molar-refractivity contribution >= 4 is 28.6 Å². The van der Waals surface area contributed by atoms with Gasteiger partial charge in [-0.15, -0.1) is 22.7 Å². The van der Waals surface area contributed by atoms with E-state index in [4.69, 9.17) is 5.11 Å². The molecule has 0 atom stereocenters. The molecule has 0 spiro atoms. The minimum atomic E-state index is -0.949. The molecule has 0 aromatic carbocycles. The second-order valence-electron chi connectivity index (χ2n) is 3.54. The van der Waals surface area contributed by atoms with Crippen molar-refractivity contribution in [3.05, 3.63) is 22.1 Å². The maximum absolute atomic E-state index is 11.1. The molecule has 0 amide bonds. The van der Waals surface area contributed by atoms with E-state index in [9.17, 15) is 4.79 Å². The number of unbranched alkanes of at least 4 members (excludes halogenated alkanes) is 1. The van der Waals surface area contributed by atoms with Crippen LogP contribution in [-0.4, -0.2) is 21.0 Å². The lowest BCUT2D eigenvalue weighted by Gasteiger charge is -1.95. The maximum Gasteiger partial charge on any atom is 0.355 e. The second-order valence-corrected chi connectivity index (χ2v) is 5.51. The Kier molecular flexibility index (Phi) is 3.86. The molecule has 0 bridgehead atoms. The van der Waals surface area contributed by atoms with Crippen LogP contribution in [0.4, 0.5) is 0 Å². The minimum absolute atomic E-state index is 0.189. The molecule has 0 aliphatic rings. The Bertz CT molecular complexity index is 506. The quantitative estimate of drug-likeness (QED) is 0.903. The molecule has 0 aliphatic heterocycles. The highest BCUT2D eigenvalue weighted by atomic mass is 32.1. The van der Waals surface area contributed by atoms with Crippen molar-refractivity contribution in [1.82, 2.24) is 9.97 Å².